The summed E-state index contributed by atoms with van der Waals surface area (Å²) in [6.07, 6.45) is 0. The number of rotatable bonds is 4. The minimum atomic E-state index is -0.384. The standard InChI is InChI=1S/C19H21N3O4/c1-3-22(11-14-6-9-16-17(10-14)26-12-25-16)19(24)21-20-18(23)15-7-4-13(2)5-8-15/h4-10H,3,11-12H2,1-2H3,(H,20,23)(H,21,24). The maximum absolute atomic E-state index is 12.3. The van der Waals surface area contributed by atoms with Crippen molar-refractivity contribution in [1.29, 1.82) is 0 Å². The van der Waals surface area contributed by atoms with Crippen LogP contribution < -0.4 is 20.3 Å². The number of urea groups is 1. The van der Waals surface area contributed by atoms with E-state index in [0.717, 1.165) is 11.1 Å². The Labute approximate surface area is 151 Å². The summed E-state index contributed by atoms with van der Waals surface area (Å²) in [6, 6.07) is 12.3. The monoisotopic (exact) mass is 355 g/mol. The van der Waals surface area contributed by atoms with Crippen molar-refractivity contribution in [2.24, 2.45) is 0 Å². The molecule has 0 fully saturated rings. The molecule has 0 aliphatic carbocycles. The van der Waals surface area contributed by atoms with Crippen molar-refractivity contribution in [2.45, 2.75) is 20.4 Å². The van der Waals surface area contributed by atoms with Crippen molar-refractivity contribution in [3.05, 3.63) is 59.2 Å². The molecule has 7 heteroatoms. The van der Waals surface area contributed by atoms with Crippen LogP contribution in [-0.4, -0.2) is 30.2 Å². The lowest BCUT2D eigenvalue weighted by Gasteiger charge is -2.21. The number of nitrogens with one attached hydrogen (secondary N) is 2. The van der Waals surface area contributed by atoms with Crippen molar-refractivity contribution in [2.75, 3.05) is 13.3 Å². The largest absolute Gasteiger partial charge is 0.454 e. The number of nitrogens with zero attached hydrogens (tertiary/aromatic N) is 1. The molecule has 2 aromatic rings. The van der Waals surface area contributed by atoms with Crippen LogP contribution in [0.15, 0.2) is 42.5 Å². The maximum Gasteiger partial charge on any atom is 0.336 e. The van der Waals surface area contributed by atoms with Crippen LogP contribution in [-0.2, 0) is 6.54 Å². The predicted octanol–water partition coefficient (Wildman–Crippen LogP) is 2.60. The molecule has 0 aromatic heterocycles. The fraction of sp³-hybridized carbons (Fsp3) is 0.263. The van der Waals surface area contributed by atoms with Crippen LogP contribution in [0.25, 0.3) is 0 Å². The third-order valence-electron chi connectivity index (χ3n) is 4.08. The van der Waals surface area contributed by atoms with E-state index in [1.165, 1.54) is 0 Å². The molecule has 2 N–H and O–H groups in total. The van der Waals surface area contributed by atoms with E-state index in [1.807, 2.05) is 44.2 Å². The summed E-state index contributed by atoms with van der Waals surface area (Å²) in [5, 5.41) is 0. The number of benzene rings is 2. The van der Waals surface area contributed by atoms with E-state index >= 15 is 0 Å². The zero-order chi connectivity index (χ0) is 18.5. The molecule has 3 amide bonds. The number of aryl methyl sites for hydroxylation is 1. The molecule has 1 aliphatic heterocycles. The molecule has 136 valence electrons. The van der Waals surface area contributed by atoms with Crippen LogP contribution in [0.3, 0.4) is 0 Å². The molecule has 0 saturated carbocycles. The third kappa shape index (κ3) is 4.05. The first kappa shape index (κ1) is 17.6. The Morgan fingerprint density at radius 1 is 1.04 bits per heavy atom. The Morgan fingerprint density at radius 3 is 2.50 bits per heavy atom. The second-order valence-corrected chi connectivity index (χ2v) is 5.95. The van der Waals surface area contributed by atoms with Crippen LogP contribution >= 0.6 is 0 Å². The molecule has 1 heterocycles. The second kappa shape index (κ2) is 7.77. The highest BCUT2D eigenvalue weighted by Gasteiger charge is 2.17. The molecule has 1 aliphatic rings. The number of hydrogen-bond donors (Lipinski definition) is 2. The highest BCUT2D eigenvalue weighted by atomic mass is 16.7. The molecule has 0 radical (unpaired) electrons. The number of ether oxygens (including phenoxy) is 2. The Balaban J connectivity index is 1.56. The van der Waals surface area contributed by atoms with E-state index < -0.39 is 0 Å². The fourth-order valence-electron chi connectivity index (χ4n) is 2.55. The lowest BCUT2D eigenvalue weighted by atomic mass is 10.1. The zero-order valence-electron chi connectivity index (χ0n) is 14.7. The molecule has 2 aromatic carbocycles. The quantitative estimate of drug-likeness (QED) is 0.826. The summed E-state index contributed by atoms with van der Waals surface area (Å²) < 4.78 is 10.6. The number of fused-ring (bicyclic) bond motifs is 1. The number of carbonyl (C=O) groups excluding carboxylic acids is 2. The number of hydrazine groups is 1. The molecule has 26 heavy (non-hydrogen) atoms. The van der Waals surface area contributed by atoms with Gasteiger partial charge < -0.3 is 14.4 Å². The van der Waals surface area contributed by atoms with Crippen LogP contribution in [0.1, 0.15) is 28.4 Å². The molecule has 0 atom stereocenters. The van der Waals surface area contributed by atoms with Gasteiger partial charge in [-0.2, -0.15) is 0 Å². The van der Waals surface area contributed by atoms with Gasteiger partial charge in [0.2, 0.25) is 6.79 Å². The average Bonchev–Trinajstić information content (AvgIpc) is 3.12. The van der Waals surface area contributed by atoms with Gasteiger partial charge in [-0.25, -0.2) is 10.2 Å². The summed E-state index contributed by atoms with van der Waals surface area (Å²) in [5.74, 6) is 1.01. The number of hydrogen-bond acceptors (Lipinski definition) is 4. The summed E-state index contributed by atoms with van der Waals surface area (Å²) in [4.78, 5) is 26.0. The van der Waals surface area contributed by atoms with Gasteiger partial charge in [-0.1, -0.05) is 23.8 Å². The van der Waals surface area contributed by atoms with Gasteiger partial charge in [-0.3, -0.25) is 10.2 Å². The minimum Gasteiger partial charge on any atom is -0.454 e. The average molecular weight is 355 g/mol. The van der Waals surface area contributed by atoms with Crippen LogP contribution in [0.4, 0.5) is 4.79 Å². The molecule has 0 unspecified atom stereocenters. The molecule has 3 rings (SSSR count). The van der Waals surface area contributed by atoms with Crippen LogP contribution in [0.5, 0.6) is 11.5 Å². The van der Waals surface area contributed by atoms with Crippen molar-refractivity contribution in [3.63, 3.8) is 0 Å². The third-order valence-corrected chi connectivity index (χ3v) is 4.08. The predicted molar refractivity (Wildman–Crippen MR) is 95.8 cm³/mol. The van der Waals surface area contributed by atoms with E-state index in [4.69, 9.17) is 9.47 Å². The molecule has 0 spiro atoms. The first-order valence-electron chi connectivity index (χ1n) is 8.37. The SMILES string of the molecule is CCN(Cc1ccc2c(c1)OCO2)C(=O)NNC(=O)c1ccc(C)cc1. The molecule has 0 bridgehead atoms. The van der Waals surface area contributed by atoms with E-state index in [-0.39, 0.29) is 18.7 Å². The number of amides is 3. The molecule has 7 nitrogen and oxygen atoms in total. The summed E-state index contributed by atoms with van der Waals surface area (Å²) in [7, 11) is 0. The summed E-state index contributed by atoms with van der Waals surface area (Å²) in [5.41, 5.74) is 7.34. The smallest absolute Gasteiger partial charge is 0.336 e. The van der Waals surface area contributed by atoms with Gasteiger partial charge in [0, 0.05) is 18.7 Å². The Morgan fingerprint density at radius 2 is 1.77 bits per heavy atom. The molecular weight excluding hydrogens is 334 g/mol. The Bertz CT molecular complexity index is 805. The van der Waals surface area contributed by atoms with Crippen LogP contribution in [0, 0.1) is 6.92 Å². The topological polar surface area (TPSA) is 79.9 Å². The van der Waals surface area contributed by atoms with Crippen LogP contribution in [0.2, 0.25) is 0 Å². The minimum absolute atomic E-state index is 0.210. The van der Waals surface area contributed by atoms with Crippen molar-refractivity contribution >= 4 is 11.9 Å². The first-order chi connectivity index (χ1) is 12.6. The van der Waals surface area contributed by atoms with Gasteiger partial charge in [0.05, 0.1) is 0 Å². The number of carbonyl (C=O) groups is 2. The van der Waals surface area contributed by atoms with E-state index in [9.17, 15) is 9.59 Å². The van der Waals surface area contributed by atoms with Gasteiger partial charge in [0.15, 0.2) is 11.5 Å². The van der Waals surface area contributed by atoms with Crippen molar-refractivity contribution in [1.82, 2.24) is 15.8 Å². The summed E-state index contributed by atoms with van der Waals surface area (Å²) >= 11 is 0. The maximum atomic E-state index is 12.3. The lowest BCUT2D eigenvalue weighted by Crippen LogP contribution is -2.48. The van der Waals surface area contributed by atoms with Crippen molar-refractivity contribution in [3.8, 4) is 11.5 Å². The van der Waals surface area contributed by atoms with E-state index in [1.54, 1.807) is 17.0 Å². The highest BCUT2D eigenvalue weighted by molar-refractivity contribution is 5.95. The lowest BCUT2D eigenvalue weighted by molar-refractivity contribution is 0.0929. The van der Waals surface area contributed by atoms with Gasteiger partial charge in [0.1, 0.15) is 0 Å². The highest BCUT2D eigenvalue weighted by Crippen LogP contribution is 2.32. The van der Waals surface area contributed by atoms with Crippen molar-refractivity contribution < 1.29 is 19.1 Å². The molecular formula is C19H21N3O4. The van der Waals surface area contributed by atoms with Gasteiger partial charge >= 0.3 is 6.03 Å². The first-order valence-corrected chi connectivity index (χ1v) is 8.37. The zero-order valence-corrected chi connectivity index (χ0v) is 14.7. The summed E-state index contributed by atoms with van der Waals surface area (Å²) in [6.45, 7) is 4.90. The normalized spacial score (nSPS) is 11.8. The molecule has 0 saturated heterocycles. The van der Waals surface area contributed by atoms with Gasteiger partial charge in [-0.15, -0.1) is 0 Å². The van der Waals surface area contributed by atoms with E-state index in [2.05, 4.69) is 10.9 Å². The van der Waals surface area contributed by atoms with E-state index in [0.29, 0.717) is 30.2 Å². The van der Waals surface area contributed by atoms with Gasteiger partial charge in [0.25, 0.3) is 5.91 Å². The Hall–Kier alpha value is -3.22. The Kier molecular flexibility index (Phi) is 5.26. The second-order valence-electron chi connectivity index (χ2n) is 5.95. The fourth-order valence-corrected chi connectivity index (χ4v) is 2.55. The van der Waals surface area contributed by atoms with Gasteiger partial charge in [-0.05, 0) is 43.7 Å².